The molecule has 1 atom stereocenters. The van der Waals surface area contributed by atoms with Crippen molar-refractivity contribution in [2.75, 3.05) is 6.54 Å². The second kappa shape index (κ2) is 5.82. The Kier molecular flexibility index (Phi) is 4.26. The molecule has 2 aliphatic carbocycles. The summed E-state index contributed by atoms with van der Waals surface area (Å²) in [5.41, 5.74) is 0.791. The second-order valence-corrected chi connectivity index (χ2v) is 7.07. The van der Waals surface area contributed by atoms with E-state index in [2.05, 4.69) is 5.32 Å². The molecule has 0 amide bonds. The molecule has 1 nitrogen and oxygen atoms in total. The highest BCUT2D eigenvalue weighted by Gasteiger charge is 2.41. The predicted molar refractivity (Wildman–Crippen MR) is 81.8 cm³/mol. The van der Waals surface area contributed by atoms with Gasteiger partial charge in [-0.3, -0.25) is 0 Å². The van der Waals surface area contributed by atoms with Crippen molar-refractivity contribution in [3.8, 4) is 0 Å². The average molecular weight is 316 g/mol. The Morgan fingerprint density at radius 1 is 1.15 bits per heavy atom. The largest absolute Gasteiger partial charge is 0.310 e. The summed E-state index contributed by atoms with van der Waals surface area (Å²) < 4.78 is 13.6. The minimum Gasteiger partial charge on any atom is -0.310 e. The van der Waals surface area contributed by atoms with Gasteiger partial charge in [-0.05, 0) is 74.6 Å². The Morgan fingerprint density at radius 3 is 2.30 bits per heavy atom. The first-order valence-corrected chi connectivity index (χ1v) is 8.19. The lowest BCUT2D eigenvalue weighted by Gasteiger charge is -2.21. The van der Waals surface area contributed by atoms with Crippen LogP contribution in [0.25, 0.3) is 0 Å². The smallest absolute Gasteiger partial charge is 0.142 e. The molecule has 1 aromatic carbocycles. The standard InChI is InChI=1S/C16H20Cl2FN/c1-9(12-6-16(19)15(18)7-14(12)17)20-8-13(10-2-3-10)11-4-5-11/h6-7,9-11,13,20H,2-5,8H2,1H3. The van der Waals surface area contributed by atoms with Crippen LogP contribution in [0.1, 0.15) is 44.2 Å². The van der Waals surface area contributed by atoms with Gasteiger partial charge in [0.05, 0.1) is 5.02 Å². The van der Waals surface area contributed by atoms with Crippen molar-refractivity contribution in [3.63, 3.8) is 0 Å². The highest BCUT2D eigenvalue weighted by molar-refractivity contribution is 6.35. The first-order valence-electron chi connectivity index (χ1n) is 7.44. The van der Waals surface area contributed by atoms with Gasteiger partial charge in [0.1, 0.15) is 5.82 Å². The molecule has 2 saturated carbocycles. The summed E-state index contributed by atoms with van der Waals surface area (Å²) in [5.74, 6) is 2.23. The van der Waals surface area contributed by atoms with E-state index in [1.54, 1.807) is 0 Å². The monoisotopic (exact) mass is 315 g/mol. The van der Waals surface area contributed by atoms with Crippen LogP contribution >= 0.6 is 23.2 Å². The van der Waals surface area contributed by atoms with Crippen LogP contribution < -0.4 is 5.32 Å². The number of nitrogens with one attached hydrogen (secondary N) is 1. The van der Waals surface area contributed by atoms with Gasteiger partial charge in [-0.25, -0.2) is 4.39 Å². The molecule has 110 valence electrons. The van der Waals surface area contributed by atoms with E-state index in [0.717, 1.165) is 29.9 Å². The van der Waals surface area contributed by atoms with Crippen molar-refractivity contribution in [2.45, 2.75) is 38.6 Å². The fourth-order valence-electron chi connectivity index (χ4n) is 3.06. The van der Waals surface area contributed by atoms with Crippen molar-refractivity contribution in [2.24, 2.45) is 17.8 Å². The van der Waals surface area contributed by atoms with Crippen LogP contribution in [-0.4, -0.2) is 6.54 Å². The van der Waals surface area contributed by atoms with E-state index in [1.807, 2.05) is 6.92 Å². The van der Waals surface area contributed by atoms with Crippen LogP contribution in [0.3, 0.4) is 0 Å². The van der Waals surface area contributed by atoms with Crippen molar-refractivity contribution in [1.29, 1.82) is 0 Å². The van der Waals surface area contributed by atoms with Gasteiger partial charge in [0.2, 0.25) is 0 Å². The van der Waals surface area contributed by atoms with Gasteiger partial charge in [0.25, 0.3) is 0 Å². The fourth-order valence-corrected chi connectivity index (χ4v) is 3.61. The first kappa shape index (κ1) is 14.6. The Labute approximate surface area is 129 Å². The Hall–Kier alpha value is -0.310. The maximum atomic E-state index is 13.6. The summed E-state index contributed by atoms with van der Waals surface area (Å²) in [4.78, 5) is 0. The van der Waals surface area contributed by atoms with Crippen molar-refractivity contribution >= 4 is 23.2 Å². The molecule has 0 aromatic heterocycles. The number of rotatable bonds is 6. The van der Waals surface area contributed by atoms with Crippen molar-refractivity contribution < 1.29 is 4.39 Å². The topological polar surface area (TPSA) is 12.0 Å². The van der Waals surface area contributed by atoms with Crippen LogP contribution in [0, 0.1) is 23.6 Å². The second-order valence-electron chi connectivity index (χ2n) is 6.26. The fraction of sp³-hybridized carbons (Fsp3) is 0.625. The normalized spacial score (nSPS) is 20.4. The van der Waals surface area contributed by atoms with E-state index in [1.165, 1.54) is 37.8 Å². The molecular formula is C16H20Cl2FN. The molecule has 0 spiro atoms. The zero-order valence-corrected chi connectivity index (χ0v) is 13.1. The number of benzene rings is 1. The maximum absolute atomic E-state index is 13.6. The lowest BCUT2D eigenvalue weighted by atomic mass is 9.97. The summed E-state index contributed by atoms with van der Waals surface area (Å²) in [6.07, 6.45) is 5.53. The average Bonchev–Trinajstić information content (AvgIpc) is 3.26. The van der Waals surface area contributed by atoms with Crippen molar-refractivity contribution in [1.82, 2.24) is 5.32 Å². The Bertz CT molecular complexity index is 485. The molecule has 0 bridgehead atoms. The van der Waals surface area contributed by atoms with E-state index in [9.17, 15) is 4.39 Å². The highest BCUT2D eigenvalue weighted by Crippen LogP contribution is 2.49. The molecular weight excluding hydrogens is 296 g/mol. The lowest BCUT2D eigenvalue weighted by Crippen LogP contribution is -2.28. The molecule has 0 aliphatic heterocycles. The quantitative estimate of drug-likeness (QED) is 0.710. The molecule has 1 unspecified atom stereocenters. The molecule has 3 rings (SSSR count). The van der Waals surface area contributed by atoms with E-state index >= 15 is 0 Å². The molecule has 2 aliphatic rings. The number of hydrogen-bond donors (Lipinski definition) is 1. The van der Waals surface area contributed by atoms with Gasteiger partial charge in [-0.15, -0.1) is 0 Å². The summed E-state index contributed by atoms with van der Waals surface area (Å²) >= 11 is 11.9. The molecule has 2 fully saturated rings. The van der Waals surface area contributed by atoms with E-state index in [-0.39, 0.29) is 11.1 Å². The van der Waals surface area contributed by atoms with Crippen LogP contribution in [0.5, 0.6) is 0 Å². The third kappa shape index (κ3) is 3.29. The van der Waals surface area contributed by atoms with Crippen LogP contribution in [-0.2, 0) is 0 Å². The molecule has 1 aromatic rings. The zero-order valence-electron chi connectivity index (χ0n) is 11.6. The SMILES string of the molecule is CC(NCC(C1CC1)C1CC1)c1cc(F)c(Cl)cc1Cl. The summed E-state index contributed by atoms with van der Waals surface area (Å²) in [6, 6.07) is 2.99. The molecule has 4 heteroatoms. The summed E-state index contributed by atoms with van der Waals surface area (Å²) in [6.45, 7) is 3.04. The zero-order chi connectivity index (χ0) is 14.3. The Balaban J connectivity index is 1.63. The van der Waals surface area contributed by atoms with Gasteiger partial charge in [-0.1, -0.05) is 23.2 Å². The van der Waals surface area contributed by atoms with Crippen LogP contribution in [0.15, 0.2) is 12.1 Å². The van der Waals surface area contributed by atoms with Gasteiger partial charge in [0.15, 0.2) is 0 Å². The summed E-state index contributed by atoms with van der Waals surface area (Å²) in [5, 5.41) is 4.15. The number of halogens is 3. The van der Waals surface area contributed by atoms with Crippen LogP contribution in [0.2, 0.25) is 10.0 Å². The maximum Gasteiger partial charge on any atom is 0.142 e. The van der Waals surface area contributed by atoms with Crippen LogP contribution in [0.4, 0.5) is 4.39 Å². The molecule has 0 saturated heterocycles. The Morgan fingerprint density at radius 2 is 1.75 bits per heavy atom. The minimum absolute atomic E-state index is 0.0502. The van der Waals surface area contributed by atoms with Gasteiger partial charge < -0.3 is 5.32 Å². The van der Waals surface area contributed by atoms with E-state index in [0.29, 0.717) is 5.02 Å². The van der Waals surface area contributed by atoms with Gasteiger partial charge in [-0.2, -0.15) is 0 Å². The molecule has 1 N–H and O–H groups in total. The summed E-state index contributed by atoms with van der Waals surface area (Å²) in [7, 11) is 0. The number of hydrogen-bond acceptors (Lipinski definition) is 1. The third-order valence-corrected chi connectivity index (χ3v) is 5.24. The van der Waals surface area contributed by atoms with Crippen molar-refractivity contribution in [3.05, 3.63) is 33.6 Å². The minimum atomic E-state index is -0.402. The lowest BCUT2D eigenvalue weighted by molar-refractivity contribution is 0.362. The molecule has 0 radical (unpaired) electrons. The van der Waals surface area contributed by atoms with E-state index in [4.69, 9.17) is 23.2 Å². The van der Waals surface area contributed by atoms with Gasteiger partial charge >= 0.3 is 0 Å². The predicted octanol–water partition coefficient (Wildman–Crippen LogP) is 5.22. The first-order chi connectivity index (χ1) is 9.56. The molecule has 0 heterocycles. The van der Waals surface area contributed by atoms with E-state index < -0.39 is 5.82 Å². The van der Waals surface area contributed by atoms with Gasteiger partial charge in [0, 0.05) is 11.1 Å². The highest BCUT2D eigenvalue weighted by atomic mass is 35.5. The molecule has 20 heavy (non-hydrogen) atoms. The third-order valence-electron chi connectivity index (χ3n) is 4.62.